The van der Waals surface area contributed by atoms with Gasteiger partial charge in [0.15, 0.2) is 11.5 Å². The Morgan fingerprint density at radius 1 is 1.08 bits per heavy atom. The SMILES string of the molecule is O=C(c1cc(-c2ccccc2)on1)N1CCN(C2CCSCC2)CC1. The van der Waals surface area contributed by atoms with Crippen LogP contribution >= 0.6 is 11.8 Å². The molecule has 1 aromatic heterocycles. The maximum atomic E-state index is 12.7. The van der Waals surface area contributed by atoms with Crippen LogP contribution in [0.1, 0.15) is 23.3 Å². The molecular formula is C19H23N3O2S. The summed E-state index contributed by atoms with van der Waals surface area (Å²) in [5, 5.41) is 3.99. The van der Waals surface area contributed by atoms with Gasteiger partial charge in [-0.15, -0.1) is 0 Å². The fourth-order valence-corrected chi connectivity index (χ4v) is 4.70. The van der Waals surface area contributed by atoms with Gasteiger partial charge in [0.25, 0.3) is 5.91 Å². The first-order valence-electron chi connectivity index (χ1n) is 8.94. The average molecular weight is 357 g/mol. The number of aromatic nitrogens is 1. The third-order valence-corrected chi connectivity index (χ3v) is 6.15. The molecule has 0 N–H and O–H groups in total. The van der Waals surface area contributed by atoms with Crippen LogP contribution < -0.4 is 0 Å². The van der Waals surface area contributed by atoms with E-state index in [4.69, 9.17) is 4.52 Å². The monoisotopic (exact) mass is 357 g/mol. The minimum absolute atomic E-state index is 0.0234. The van der Waals surface area contributed by atoms with Gasteiger partial charge in [0, 0.05) is 43.9 Å². The molecule has 2 aliphatic rings. The highest BCUT2D eigenvalue weighted by Crippen LogP contribution is 2.24. The normalized spacial score (nSPS) is 19.9. The molecule has 0 radical (unpaired) electrons. The van der Waals surface area contributed by atoms with E-state index in [1.54, 1.807) is 6.07 Å². The molecule has 2 aliphatic heterocycles. The van der Waals surface area contributed by atoms with Crippen molar-refractivity contribution in [3.8, 4) is 11.3 Å². The topological polar surface area (TPSA) is 49.6 Å². The number of nitrogens with zero attached hydrogens (tertiary/aromatic N) is 3. The number of piperazine rings is 1. The molecule has 0 aliphatic carbocycles. The minimum atomic E-state index is -0.0234. The van der Waals surface area contributed by atoms with Gasteiger partial charge >= 0.3 is 0 Å². The summed E-state index contributed by atoms with van der Waals surface area (Å²) in [5.74, 6) is 3.16. The number of hydrogen-bond acceptors (Lipinski definition) is 5. The van der Waals surface area contributed by atoms with Gasteiger partial charge in [-0.05, 0) is 24.3 Å². The predicted octanol–water partition coefficient (Wildman–Crippen LogP) is 3.00. The number of amides is 1. The van der Waals surface area contributed by atoms with E-state index >= 15 is 0 Å². The van der Waals surface area contributed by atoms with E-state index in [-0.39, 0.29) is 5.91 Å². The van der Waals surface area contributed by atoms with Crippen molar-refractivity contribution in [2.75, 3.05) is 37.7 Å². The van der Waals surface area contributed by atoms with Gasteiger partial charge in [-0.1, -0.05) is 35.5 Å². The number of benzene rings is 1. The van der Waals surface area contributed by atoms with Crippen molar-refractivity contribution in [3.05, 3.63) is 42.1 Å². The molecule has 1 aromatic carbocycles. The van der Waals surface area contributed by atoms with Crippen LogP contribution in [0.15, 0.2) is 40.9 Å². The quantitative estimate of drug-likeness (QED) is 0.845. The molecule has 5 nitrogen and oxygen atoms in total. The van der Waals surface area contributed by atoms with E-state index in [0.717, 1.165) is 31.7 Å². The molecule has 25 heavy (non-hydrogen) atoms. The third kappa shape index (κ3) is 3.75. The highest BCUT2D eigenvalue weighted by atomic mass is 32.2. The van der Waals surface area contributed by atoms with E-state index in [9.17, 15) is 4.79 Å². The first-order valence-corrected chi connectivity index (χ1v) is 10.1. The number of carbonyl (C=O) groups is 1. The summed E-state index contributed by atoms with van der Waals surface area (Å²) in [6.07, 6.45) is 2.56. The lowest BCUT2D eigenvalue weighted by molar-refractivity contribution is 0.0550. The lowest BCUT2D eigenvalue weighted by atomic mass is 10.1. The molecule has 1 amide bonds. The Morgan fingerprint density at radius 2 is 1.80 bits per heavy atom. The Labute approximate surface area is 152 Å². The molecule has 0 atom stereocenters. The zero-order chi connectivity index (χ0) is 17.1. The van der Waals surface area contributed by atoms with Crippen molar-refractivity contribution < 1.29 is 9.32 Å². The van der Waals surface area contributed by atoms with Crippen molar-refractivity contribution in [2.45, 2.75) is 18.9 Å². The first kappa shape index (κ1) is 16.7. The van der Waals surface area contributed by atoms with Gasteiger partial charge < -0.3 is 9.42 Å². The molecule has 2 fully saturated rings. The fraction of sp³-hybridized carbons (Fsp3) is 0.474. The molecule has 6 heteroatoms. The highest BCUT2D eigenvalue weighted by Gasteiger charge is 2.28. The number of carbonyl (C=O) groups excluding carboxylic acids is 1. The van der Waals surface area contributed by atoms with Crippen LogP contribution in [0, 0.1) is 0 Å². The van der Waals surface area contributed by atoms with Crippen LogP contribution in [-0.4, -0.2) is 64.6 Å². The molecule has 0 bridgehead atoms. The van der Waals surface area contributed by atoms with E-state index in [2.05, 4.69) is 21.8 Å². The summed E-state index contributed by atoms with van der Waals surface area (Å²) in [6.45, 7) is 3.47. The van der Waals surface area contributed by atoms with Crippen molar-refractivity contribution in [3.63, 3.8) is 0 Å². The molecule has 4 rings (SSSR count). The van der Waals surface area contributed by atoms with Crippen LogP contribution in [0.3, 0.4) is 0 Å². The summed E-state index contributed by atoms with van der Waals surface area (Å²) in [6, 6.07) is 12.2. The molecule has 2 saturated heterocycles. The molecular weight excluding hydrogens is 334 g/mol. The Kier molecular flexibility index (Phi) is 5.08. The number of hydrogen-bond donors (Lipinski definition) is 0. The lowest BCUT2D eigenvalue weighted by Crippen LogP contribution is -2.52. The minimum Gasteiger partial charge on any atom is -0.355 e. The lowest BCUT2D eigenvalue weighted by Gasteiger charge is -2.40. The predicted molar refractivity (Wildman–Crippen MR) is 99.8 cm³/mol. The zero-order valence-corrected chi connectivity index (χ0v) is 15.1. The Balaban J connectivity index is 1.37. The third-order valence-electron chi connectivity index (χ3n) is 5.10. The van der Waals surface area contributed by atoms with Crippen LogP contribution in [0.4, 0.5) is 0 Å². The molecule has 0 unspecified atom stereocenters. The smallest absolute Gasteiger partial charge is 0.276 e. The first-order chi connectivity index (χ1) is 12.3. The van der Waals surface area contributed by atoms with Crippen LogP contribution in [0.25, 0.3) is 11.3 Å². The van der Waals surface area contributed by atoms with Crippen LogP contribution in [-0.2, 0) is 0 Å². The summed E-state index contributed by atoms with van der Waals surface area (Å²) in [5.41, 5.74) is 1.34. The van der Waals surface area contributed by atoms with Gasteiger partial charge in [-0.3, -0.25) is 9.69 Å². The molecule has 0 saturated carbocycles. The van der Waals surface area contributed by atoms with Gasteiger partial charge in [-0.25, -0.2) is 0 Å². The Hall–Kier alpha value is -1.79. The van der Waals surface area contributed by atoms with Crippen LogP contribution in [0.2, 0.25) is 0 Å². The number of rotatable bonds is 3. The maximum absolute atomic E-state index is 12.7. The van der Waals surface area contributed by atoms with E-state index in [0.29, 0.717) is 17.5 Å². The molecule has 0 spiro atoms. The van der Waals surface area contributed by atoms with Gasteiger partial charge in [0.05, 0.1) is 0 Å². The fourth-order valence-electron chi connectivity index (χ4n) is 3.62. The summed E-state index contributed by atoms with van der Waals surface area (Å²) < 4.78 is 5.37. The van der Waals surface area contributed by atoms with E-state index in [1.807, 2.05) is 35.2 Å². The molecule has 132 valence electrons. The van der Waals surface area contributed by atoms with Crippen molar-refractivity contribution >= 4 is 17.7 Å². The largest absolute Gasteiger partial charge is 0.355 e. The summed E-state index contributed by atoms with van der Waals surface area (Å²) in [7, 11) is 0. The van der Waals surface area contributed by atoms with E-state index < -0.39 is 0 Å². The van der Waals surface area contributed by atoms with Crippen molar-refractivity contribution in [2.24, 2.45) is 0 Å². The molecule has 2 aromatic rings. The van der Waals surface area contributed by atoms with Gasteiger partial charge in [-0.2, -0.15) is 11.8 Å². The second-order valence-corrected chi connectivity index (χ2v) is 7.84. The Morgan fingerprint density at radius 3 is 2.52 bits per heavy atom. The van der Waals surface area contributed by atoms with Gasteiger partial charge in [0.2, 0.25) is 0 Å². The summed E-state index contributed by atoms with van der Waals surface area (Å²) in [4.78, 5) is 17.2. The molecule has 3 heterocycles. The van der Waals surface area contributed by atoms with Gasteiger partial charge in [0.1, 0.15) is 0 Å². The second-order valence-electron chi connectivity index (χ2n) is 6.61. The second kappa shape index (κ2) is 7.62. The number of thioether (sulfide) groups is 1. The maximum Gasteiger partial charge on any atom is 0.276 e. The Bertz CT molecular complexity index is 704. The summed E-state index contributed by atoms with van der Waals surface area (Å²) >= 11 is 2.06. The van der Waals surface area contributed by atoms with E-state index in [1.165, 1.54) is 24.3 Å². The highest BCUT2D eigenvalue weighted by molar-refractivity contribution is 7.99. The van der Waals surface area contributed by atoms with Crippen molar-refractivity contribution in [1.82, 2.24) is 15.0 Å². The zero-order valence-electron chi connectivity index (χ0n) is 14.3. The average Bonchev–Trinajstić information content (AvgIpc) is 3.19. The standard InChI is InChI=1S/C19H23N3O2S/c23-19(17-14-18(24-20-17)15-4-2-1-3-5-15)22-10-8-21(9-11-22)16-6-12-25-13-7-16/h1-5,14,16H,6-13H2. The van der Waals surface area contributed by atoms with Crippen molar-refractivity contribution in [1.29, 1.82) is 0 Å². The van der Waals surface area contributed by atoms with Crippen LogP contribution in [0.5, 0.6) is 0 Å².